The summed E-state index contributed by atoms with van der Waals surface area (Å²) < 4.78 is 1.86. The van der Waals surface area contributed by atoms with Crippen LogP contribution in [0.15, 0.2) is 30.5 Å². The molecule has 4 nitrogen and oxygen atoms in total. The van der Waals surface area contributed by atoms with Crippen molar-refractivity contribution in [2.45, 2.75) is 53.0 Å². The number of carbonyl (C=O) groups is 1. The maximum atomic E-state index is 12.5. The van der Waals surface area contributed by atoms with Crippen molar-refractivity contribution in [3.05, 3.63) is 47.3 Å². The van der Waals surface area contributed by atoms with Crippen LogP contribution in [0, 0.1) is 6.92 Å². The zero-order chi connectivity index (χ0) is 16.1. The molecule has 0 spiro atoms. The molecule has 0 atom stereocenters. The molecule has 1 aromatic heterocycles. The fourth-order valence-corrected chi connectivity index (χ4v) is 2.57. The van der Waals surface area contributed by atoms with Gasteiger partial charge in [0.15, 0.2) is 0 Å². The predicted octanol–water partition coefficient (Wildman–Crippen LogP) is 3.66. The van der Waals surface area contributed by atoms with E-state index in [1.165, 1.54) is 5.56 Å². The van der Waals surface area contributed by atoms with Crippen LogP contribution in [0.1, 0.15) is 55.2 Å². The summed E-state index contributed by atoms with van der Waals surface area (Å²) in [4.78, 5) is 12.5. The van der Waals surface area contributed by atoms with Gasteiger partial charge in [-0.2, -0.15) is 5.10 Å². The van der Waals surface area contributed by atoms with Crippen molar-refractivity contribution in [3.8, 4) is 5.69 Å². The molecule has 0 aliphatic heterocycles. The summed E-state index contributed by atoms with van der Waals surface area (Å²) >= 11 is 0. The van der Waals surface area contributed by atoms with E-state index in [1.54, 1.807) is 6.20 Å². The Labute approximate surface area is 132 Å². The largest absolute Gasteiger partial charge is 0.349 e. The SMILES string of the molecule is CCc1c(C(=O)NC(CC)CC)cnn1-c1ccc(C)cc1. The molecule has 4 heteroatoms. The quantitative estimate of drug-likeness (QED) is 0.885. The molecule has 0 bridgehead atoms. The summed E-state index contributed by atoms with van der Waals surface area (Å²) in [7, 11) is 0. The molecule has 0 saturated heterocycles. The normalized spacial score (nSPS) is 11.0. The van der Waals surface area contributed by atoms with E-state index in [9.17, 15) is 4.79 Å². The van der Waals surface area contributed by atoms with Crippen molar-refractivity contribution in [2.24, 2.45) is 0 Å². The van der Waals surface area contributed by atoms with Crippen molar-refractivity contribution in [1.82, 2.24) is 15.1 Å². The lowest BCUT2D eigenvalue weighted by atomic mass is 10.1. The Morgan fingerprint density at radius 3 is 2.36 bits per heavy atom. The van der Waals surface area contributed by atoms with Crippen LogP contribution >= 0.6 is 0 Å². The number of benzene rings is 1. The minimum absolute atomic E-state index is 0.0242. The first-order valence-corrected chi connectivity index (χ1v) is 8.05. The lowest BCUT2D eigenvalue weighted by Crippen LogP contribution is -2.34. The Morgan fingerprint density at radius 1 is 1.18 bits per heavy atom. The van der Waals surface area contributed by atoms with Crippen LogP contribution in [0.3, 0.4) is 0 Å². The van der Waals surface area contributed by atoms with Gasteiger partial charge in [-0.1, -0.05) is 38.5 Å². The van der Waals surface area contributed by atoms with Gasteiger partial charge in [0.05, 0.1) is 23.1 Å². The monoisotopic (exact) mass is 299 g/mol. The van der Waals surface area contributed by atoms with Crippen LogP contribution in [-0.4, -0.2) is 21.7 Å². The second-order valence-electron chi connectivity index (χ2n) is 5.59. The maximum absolute atomic E-state index is 12.5. The van der Waals surface area contributed by atoms with Crippen LogP contribution in [0.4, 0.5) is 0 Å². The van der Waals surface area contributed by atoms with Gasteiger partial charge in [0.25, 0.3) is 5.91 Å². The molecule has 1 aromatic carbocycles. The van der Waals surface area contributed by atoms with Gasteiger partial charge in [-0.3, -0.25) is 4.79 Å². The van der Waals surface area contributed by atoms with Gasteiger partial charge in [0.1, 0.15) is 0 Å². The Balaban J connectivity index is 2.31. The highest BCUT2D eigenvalue weighted by Crippen LogP contribution is 2.17. The van der Waals surface area contributed by atoms with Gasteiger partial charge in [-0.15, -0.1) is 0 Å². The minimum atomic E-state index is -0.0242. The number of nitrogens with zero attached hydrogens (tertiary/aromatic N) is 2. The lowest BCUT2D eigenvalue weighted by molar-refractivity contribution is 0.0934. The Kier molecular flexibility index (Phi) is 5.36. The molecule has 1 N–H and O–H groups in total. The van der Waals surface area contributed by atoms with Gasteiger partial charge in [-0.05, 0) is 38.3 Å². The van der Waals surface area contributed by atoms with Crippen LogP contribution in [0.2, 0.25) is 0 Å². The number of rotatable bonds is 6. The molecule has 2 rings (SSSR count). The molecule has 0 aliphatic carbocycles. The molecule has 0 saturated carbocycles. The van der Waals surface area contributed by atoms with Crippen molar-refractivity contribution in [2.75, 3.05) is 0 Å². The van der Waals surface area contributed by atoms with Crippen LogP contribution < -0.4 is 5.32 Å². The Bertz CT molecular complexity index is 624. The van der Waals surface area contributed by atoms with Gasteiger partial charge in [0.2, 0.25) is 0 Å². The molecular formula is C18H25N3O. The van der Waals surface area contributed by atoms with Crippen molar-refractivity contribution in [1.29, 1.82) is 0 Å². The van der Waals surface area contributed by atoms with Crippen LogP contribution in [-0.2, 0) is 6.42 Å². The van der Waals surface area contributed by atoms with Gasteiger partial charge in [-0.25, -0.2) is 4.68 Å². The molecule has 22 heavy (non-hydrogen) atoms. The third kappa shape index (κ3) is 3.38. The number of hydrogen-bond donors (Lipinski definition) is 1. The molecular weight excluding hydrogens is 274 g/mol. The Morgan fingerprint density at radius 2 is 1.82 bits per heavy atom. The first kappa shape index (κ1) is 16.3. The standard InChI is InChI=1S/C18H25N3O/c1-5-14(6-2)20-18(22)16-12-19-21(17(16)7-3)15-10-8-13(4)9-11-15/h8-12,14H,5-7H2,1-4H3,(H,20,22). The number of aryl methyl sites for hydroxylation is 1. The maximum Gasteiger partial charge on any atom is 0.254 e. The predicted molar refractivity (Wildman–Crippen MR) is 89.5 cm³/mol. The van der Waals surface area contributed by atoms with Crippen LogP contribution in [0.25, 0.3) is 5.69 Å². The zero-order valence-corrected chi connectivity index (χ0v) is 13.9. The average Bonchev–Trinajstić information content (AvgIpc) is 2.97. The fourth-order valence-electron chi connectivity index (χ4n) is 2.57. The summed E-state index contributed by atoms with van der Waals surface area (Å²) in [5, 5.41) is 7.51. The molecule has 118 valence electrons. The molecule has 0 radical (unpaired) electrons. The summed E-state index contributed by atoms with van der Waals surface area (Å²) in [6.45, 7) is 8.29. The van der Waals surface area contributed by atoms with Gasteiger partial charge in [0, 0.05) is 6.04 Å². The lowest BCUT2D eigenvalue weighted by Gasteiger charge is -2.15. The molecule has 0 unspecified atom stereocenters. The van der Waals surface area contributed by atoms with E-state index >= 15 is 0 Å². The van der Waals surface area contributed by atoms with E-state index in [2.05, 4.69) is 50.2 Å². The molecule has 1 heterocycles. The average molecular weight is 299 g/mol. The minimum Gasteiger partial charge on any atom is -0.349 e. The molecule has 2 aromatic rings. The number of amides is 1. The van der Waals surface area contributed by atoms with Crippen molar-refractivity contribution >= 4 is 5.91 Å². The summed E-state index contributed by atoms with van der Waals surface area (Å²) in [5.41, 5.74) is 3.83. The highest BCUT2D eigenvalue weighted by Gasteiger charge is 2.18. The number of aromatic nitrogens is 2. The highest BCUT2D eigenvalue weighted by atomic mass is 16.1. The number of hydrogen-bond acceptors (Lipinski definition) is 2. The third-order valence-electron chi connectivity index (χ3n) is 4.05. The van der Waals surface area contributed by atoms with Gasteiger partial charge < -0.3 is 5.32 Å². The van der Waals surface area contributed by atoms with E-state index in [1.807, 2.05) is 16.8 Å². The Hall–Kier alpha value is -2.10. The number of carbonyl (C=O) groups excluding carboxylic acids is 1. The van der Waals surface area contributed by atoms with E-state index in [-0.39, 0.29) is 11.9 Å². The van der Waals surface area contributed by atoms with E-state index in [0.29, 0.717) is 5.56 Å². The molecule has 0 aliphatic rings. The number of nitrogens with one attached hydrogen (secondary N) is 1. The van der Waals surface area contributed by atoms with Gasteiger partial charge >= 0.3 is 0 Å². The summed E-state index contributed by atoms with van der Waals surface area (Å²) in [6, 6.07) is 8.40. The first-order chi connectivity index (χ1) is 10.6. The van der Waals surface area contributed by atoms with Crippen molar-refractivity contribution < 1.29 is 4.79 Å². The third-order valence-corrected chi connectivity index (χ3v) is 4.05. The van der Waals surface area contributed by atoms with Crippen molar-refractivity contribution in [3.63, 3.8) is 0 Å². The van der Waals surface area contributed by atoms with E-state index in [0.717, 1.165) is 30.6 Å². The molecule has 1 amide bonds. The topological polar surface area (TPSA) is 46.9 Å². The van der Waals surface area contributed by atoms with E-state index < -0.39 is 0 Å². The zero-order valence-electron chi connectivity index (χ0n) is 13.9. The molecule has 0 fully saturated rings. The summed E-state index contributed by atoms with van der Waals surface area (Å²) in [6.07, 6.45) is 4.32. The fraction of sp³-hybridized carbons (Fsp3) is 0.444. The second kappa shape index (κ2) is 7.25. The summed E-state index contributed by atoms with van der Waals surface area (Å²) in [5.74, 6) is -0.0242. The van der Waals surface area contributed by atoms with E-state index in [4.69, 9.17) is 0 Å². The highest BCUT2D eigenvalue weighted by molar-refractivity contribution is 5.95. The second-order valence-corrected chi connectivity index (χ2v) is 5.59. The van der Waals surface area contributed by atoms with Crippen LogP contribution in [0.5, 0.6) is 0 Å². The first-order valence-electron chi connectivity index (χ1n) is 8.05. The smallest absolute Gasteiger partial charge is 0.254 e.